The van der Waals surface area contributed by atoms with Gasteiger partial charge in [-0.05, 0) is 31.2 Å². The summed E-state index contributed by atoms with van der Waals surface area (Å²) in [6.45, 7) is 1.75. The molecule has 1 aliphatic rings. The lowest BCUT2D eigenvalue weighted by Crippen LogP contribution is -2.34. The van der Waals surface area contributed by atoms with Gasteiger partial charge in [0.15, 0.2) is 0 Å². The number of ether oxygens (including phenoxy) is 1. The number of methoxy groups -OCH3 is 1. The van der Waals surface area contributed by atoms with Crippen LogP contribution in [-0.2, 0) is 4.74 Å². The average Bonchev–Trinajstić information content (AvgIpc) is 1.82. The summed E-state index contributed by atoms with van der Waals surface area (Å²) in [4.78, 5) is 0. The van der Waals surface area contributed by atoms with Gasteiger partial charge in [0.2, 0.25) is 0 Å². The van der Waals surface area contributed by atoms with Crippen molar-refractivity contribution >= 4 is 0 Å². The van der Waals surface area contributed by atoms with E-state index in [1.807, 2.05) is 0 Å². The maximum atomic E-state index is 5.50. The van der Waals surface area contributed by atoms with Crippen LogP contribution in [0.5, 0.6) is 0 Å². The van der Waals surface area contributed by atoms with E-state index in [-0.39, 0.29) is 0 Å². The molecule has 2 N–H and O–H groups in total. The van der Waals surface area contributed by atoms with Crippen LogP contribution in [0.15, 0.2) is 0 Å². The third kappa shape index (κ3) is 1.43. The second-order valence-electron chi connectivity index (χ2n) is 2.79. The Hall–Kier alpha value is -0.0800. The van der Waals surface area contributed by atoms with E-state index in [9.17, 15) is 0 Å². The zero-order valence-electron chi connectivity index (χ0n) is 5.97. The van der Waals surface area contributed by atoms with E-state index in [1.54, 1.807) is 7.11 Å². The second-order valence-corrected chi connectivity index (χ2v) is 2.79. The highest BCUT2D eigenvalue weighted by atomic mass is 16.5. The Kier molecular flexibility index (Phi) is 2.49. The van der Waals surface area contributed by atoms with Crippen LogP contribution in [0.1, 0.15) is 12.8 Å². The predicted octanol–water partition coefficient (Wildman–Crippen LogP) is 0.618. The highest BCUT2D eigenvalue weighted by molar-refractivity contribution is 4.80. The fraction of sp³-hybridized carbons (Fsp3) is 1.00. The molecule has 1 rings (SSSR count). The molecule has 0 aromatic heterocycles. The Morgan fingerprint density at radius 1 is 1.44 bits per heavy atom. The van der Waals surface area contributed by atoms with Gasteiger partial charge in [0.25, 0.3) is 0 Å². The number of hydrogen-bond donors (Lipinski definition) is 1. The lowest BCUT2D eigenvalue weighted by Gasteiger charge is -2.34. The van der Waals surface area contributed by atoms with Crippen molar-refractivity contribution in [1.82, 2.24) is 0 Å². The maximum absolute atomic E-state index is 5.50. The van der Waals surface area contributed by atoms with E-state index in [4.69, 9.17) is 10.5 Å². The lowest BCUT2D eigenvalue weighted by molar-refractivity contribution is 0.0639. The first kappa shape index (κ1) is 7.03. The minimum Gasteiger partial charge on any atom is -0.384 e. The fourth-order valence-corrected chi connectivity index (χ4v) is 1.38. The van der Waals surface area contributed by atoms with E-state index in [1.165, 1.54) is 12.8 Å². The SMILES string of the molecule is COCC1CCC1CN. The fourth-order valence-electron chi connectivity index (χ4n) is 1.38. The van der Waals surface area contributed by atoms with Crippen LogP contribution in [0.25, 0.3) is 0 Å². The molecule has 2 heteroatoms. The quantitative estimate of drug-likeness (QED) is 0.606. The van der Waals surface area contributed by atoms with Gasteiger partial charge in [-0.15, -0.1) is 0 Å². The molecular weight excluding hydrogens is 114 g/mol. The molecule has 2 nitrogen and oxygen atoms in total. The maximum Gasteiger partial charge on any atom is 0.0493 e. The molecule has 1 aliphatic carbocycles. The molecule has 0 spiro atoms. The Labute approximate surface area is 56.4 Å². The summed E-state index contributed by atoms with van der Waals surface area (Å²) in [5, 5.41) is 0. The Morgan fingerprint density at radius 3 is 2.44 bits per heavy atom. The first-order valence-corrected chi connectivity index (χ1v) is 3.57. The standard InChI is InChI=1S/C7H15NO/c1-9-5-7-3-2-6(7)4-8/h6-7H,2-5,8H2,1H3. The van der Waals surface area contributed by atoms with Gasteiger partial charge in [-0.1, -0.05) is 0 Å². The molecule has 54 valence electrons. The average molecular weight is 129 g/mol. The topological polar surface area (TPSA) is 35.2 Å². The van der Waals surface area contributed by atoms with Crippen molar-refractivity contribution in [2.75, 3.05) is 20.3 Å². The molecule has 9 heavy (non-hydrogen) atoms. The molecule has 0 amide bonds. The molecule has 0 aliphatic heterocycles. The normalized spacial score (nSPS) is 34.0. The first-order chi connectivity index (χ1) is 4.38. The van der Waals surface area contributed by atoms with E-state index < -0.39 is 0 Å². The molecule has 2 atom stereocenters. The summed E-state index contributed by atoms with van der Waals surface area (Å²) in [5.74, 6) is 1.52. The van der Waals surface area contributed by atoms with Gasteiger partial charge in [0.1, 0.15) is 0 Å². The van der Waals surface area contributed by atoms with Crippen molar-refractivity contribution < 1.29 is 4.74 Å². The molecule has 0 aromatic carbocycles. The molecule has 1 fully saturated rings. The molecule has 0 heterocycles. The lowest BCUT2D eigenvalue weighted by atomic mass is 9.74. The summed E-state index contributed by atoms with van der Waals surface area (Å²) in [7, 11) is 1.76. The Morgan fingerprint density at radius 2 is 2.11 bits per heavy atom. The number of rotatable bonds is 3. The van der Waals surface area contributed by atoms with Gasteiger partial charge in [-0.3, -0.25) is 0 Å². The predicted molar refractivity (Wildman–Crippen MR) is 37.1 cm³/mol. The van der Waals surface area contributed by atoms with Gasteiger partial charge < -0.3 is 10.5 Å². The van der Waals surface area contributed by atoms with Crippen LogP contribution >= 0.6 is 0 Å². The van der Waals surface area contributed by atoms with Gasteiger partial charge in [0, 0.05) is 13.7 Å². The number of nitrogens with two attached hydrogens (primary N) is 1. The van der Waals surface area contributed by atoms with Crippen LogP contribution in [-0.4, -0.2) is 20.3 Å². The molecule has 0 radical (unpaired) electrons. The van der Waals surface area contributed by atoms with Crippen molar-refractivity contribution in [3.8, 4) is 0 Å². The van der Waals surface area contributed by atoms with Crippen molar-refractivity contribution in [2.24, 2.45) is 17.6 Å². The van der Waals surface area contributed by atoms with E-state index in [0.29, 0.717) is 0 Å². The Balaban J connectivity index is 2.11. The van der Waals surface area contributed by atoms with E-state index in [2.05, 4.69) is 0 Å². The molecule has 2 unspecified atom stereocenters. The zero-order valence-corrected chi connectivity index (χ0v) is 5.97. The van der Waals surface area contributed by atoms with Gasteiger partial charge in [-0.2, -0.15) is 0 Å². The Bertz CT molecular complexity index is 83.0. The molecular formula is C7H15NO. The van der Waals surface area contributed by atoms with Crippen LogP contribution < -0.4 is 5.73 Å². The summed E-state index contributed by atoms with van der Waals surface area (Å²) in [6.07, 6.45) is 2.63. The third-order valence-corrected chi connectivity index (χ3v) is 2.26. The summed E-state index contributed by atoms with van der Waals surface area (Å²) < 4.78 is 5.02. The van der Waals surface area contributed by atoms with E-state index in [0.717, 1.165) is 25.0 Å². The highest BCUT2D eigenvalue weighted by Crippen LogP contribution is 2.32. The van der Waals surface area contributed by atoms with Gasteiger partial charge in [-0.25, -0.2) is 0 Å². The van der Waals surface area contributed by atoms with Gasteiger partial charge in [0.05, 0.1) is 0 Å². The van der Waals surface area contributed by atoms with Crippen LogP contribution in [0.2, 0.25) is 0 Å². The van der Waals surface area contributed by atoms with Gasteiger partial charge >= 0.3 is 0 Å². The highest BCUT2D eigenvalue weighted by Gasteiger charge is 2.28. The van der Waals surface area contributed by atoms with Crippen molar-refractivity contribution in [2.45, 2.75) is 12.8 Å². The smallest absolute Gasteiger partial charge is 0.0493 e. The molecule has 1 saturated carbocycles. The zero-order chi connectivity index (χ0) is 6.69. The summed E-state index contributed by atoms with van der Waals surface area (Å²) in [5.41, 5.74) is 5.50. The van der Waals surface area contributed by atoms with Crippen LogP contribution in [0, 0.1) is 11.8 Å². The summed E-state index contributed by atoms with van der Waals surface area (Å²) >= 11 is 0. The largest absolute Gasteiger partial charge is 0.384 e. The second kappa shape index (κ2) is 3.18. The van der Waals surface area contributed by atoms with Crippen molar-refractivity contribution in [3.63, 3.8) is 0 Å². The molecule has 0 aromatic rings. The minimum atomic E-state index is 0.755. The van der Waals surface area contributed by atoms with Crippen LogP contribution in [0.4, 0.5) is 0 Å². The van der Waals surface area contributed by atoms with Crippen molar-refractivity contribution in [1.29, 1.82) is 0 Å². The summed E-state index contributed by atoms with van der Waals surface area (Å²) in [6, 6.07) is 0. The third-order valence-electron chi connectivity index (χ3n) is 2.26. The van der Waals surface area contributed by atoms with Crippen molar-refractivity contribution in [3.05, 3.63) is 0 Å². The molecule has 0 bridgehead atoms. The molecule has 0 saturated heterocycles. The minimum absolute atomic E-state index is 0.755. The monoisotopic (exact) mass is 129 g/mol. The van der Waals surface area contributed by atoms with Crippen LogP contribution in [0.3, 0.4) is 0 Å². The van der Waals surface area contributed by atoms with E-state index >= 15 is 0 Å². The first-order valence-electron chi connectivity index (χ1n) is 3.57. The number of hydrogen-bond acceptors (Lipinski definition) is 2.